The lowest BCUT2D eigenvalue weighted by Crippen LogP contribution is -2.20. The zero-order chi connectivity index (χ0) is 9.97. The van der Waals surface area contributed by atoms with Gasteiger partial charge < -0.3 is 15.0 Å². The molecule has 0 amide bonds. The van der Waals surface area contributed by atoms with Crippen molar-refractivity contribution in [3.63, 3.8) is 0 Å². The van der Waals surface area contributed by atoms with Crippen molar-refractivity contribution in [3.8, 4) is 0 Å². The second kappa shape index (κ2) is 4.11. The van der Waals surface area contributed by atoms with Gasteiger partial charge in [0, 0.05) is 31.5 Å². The first-order valence-corrected chi connectivity index (χ1v) is 5.19. The van der Waals surface area contributed by atoms with E-state index in [9.17, 15) is 0 Å². The van der Waals surface area contributed by atoms with Crippen LogP contribution in [0.25, 0.3) is 0 Å². The monoisotopic (exact) mass is 195 g/mol. The van der Waals surface area contributed by atoms with Crippen LogP contribution < -0.4 is 5.73 Å². The van der Waals surface area contributed by atoms with E-state index in [1.807, 2.05) is 12.4 Å². The van der Waals surface area contributed by atoms with E-state index in [0.29, 0.717) is 12.5 Å². The van der Waals surface area contributed by atoms with E-state index in [0.717, 1.165) is 25.4 Å². The number of imidazole rings is 1. The molecule has 1 aliphatic rings. The molecule has 1 aliphatic heterocycles. The summed E-state index contributed by atoms with van der Waals surface area (Å²) in [5.41, 5.74) is 5.70. The third-order valence-electron chi connectivity index (χ3n) is 2.86. The highest BCUT2D eigenvalue weighted by Crippen LogP contribution is 2.32. The van der Waals surface area contributed by atoms with Crippen LogP contribution in [-0.2, 0) is 11.3 Å². The topological polar surface area (TPSA) is 53.1 Å². The minimum absolute atomic E-state index is 0.106. The fraction of sp³-hybridized carbons (Fsp3) is 0.700. The van der Waals surface area contributed by atoms with Gasteiger partial charge in [-0.15, -0.1) is 0 Å². The van der Waals surface area contributed by atoms with Crippen molar-refractivity contribution in [3.05, 3.63) is 18.2 Å². The van der Waals surface area contributed by atoms with Crippen LogP contribution in [0.2, 0.25) is 0 Å². The normalized spacial score (nSPS) is 27.0. The smallest absolute Gasteiger partial charge is 0.138 e. The fourth-order valence-electron chi connectivity index (χ4n) is 2.01. The molecule has 1 fully saturated rings. The highest BCUT2D eigenvalue weighted by Gasteiger charge is 2.31. The van der Waals surface area contributed by atoms with E-state index in [2.05, 4.69) is 16.5 Å². The van der Waals surface area contributed by atoms with Gasteiger partial charge in [-0.1, -0.05) is 0 Å². The third kappa shape index (κ3) is 1.55. The number of ether oxygens (including phenoxy) is 1. The van der Waals surface area contributed by atoms with E-state index >= 15 is 0 Å². The van der Waals surface area contributed by atoms with Crippen molar-refractivity contribution in [1.82, 2.24) is 9.55 Å². The first-order chi connectivity index (χ1) is 6.86. The molecule has 0 saturated carbocycles. The van der Waals surface area contributed by atoms with Crippen molar-refractivity contribution in [2.45, 2.75) is 26.0 Å². The Hall–Kier alpha value is -0.870. The highest BCUT2D eigenvalue weighted by atomic mass is 16.5. The van der Waals surface area contributed by atoms with Crippen molar-refractivity contribution >= 4 is 0 Å². The van der Waals surface area contributed by atoms with Gasteiger partial charge >= 0.3 is 0 Å². The maximum absolute atomic E-state index is 5.70. The van der Waals surface area contributed by atoms with E-state index < -0.39 is 0 Å². The SMILES string of the molecule is CCn1ccnc1C1OCCC1CN. The van der Waals surface area contributed by atoms with Crippen molar-refractivity contribution < 1.29 is 4.74 Å². The summed E-state index contributed by atoms with van der Waals surface area (Å²) in [6, 6.07) is 0. The van der Waals surface area contributed by atoms with Gasteiger partial charge in [-0.25, -0.2) is 4.98 Å². The summed E-state index contributed by atoms with van der Waals surface area (Å²) in [5, 5.41) is 0. The molecule has 2 atom stereocenters. The Balaban J connectivity index is 2.21. The summed E-state index contributed by atoms with van der Waals surface area (Å²) in [4.78, 5) is 4.35. The number of aryl methyl sites for hydroxylation is 1. The van der Waals surface area contributed by atoms with Crippen LogP contribution in [0.5, 0.6) is 0 Å². The number of hydrogen-bond acceptors (Lipinski definition) is 3. The van der Waals surface area contributed by atoms with Gasteiger partial charge in [0.15, 0.2) is 0 Å². The van der Waals surface area contributed by atoms with Crippen LogP contribution in [0.4, 0.5) is 0 Å². The van der Waals surface area contributed by atoms with Gasteiger partial charge in [-0.2, -0.15) is 0 Å². The lowest BCUT2D eigenvalue weighted by atomic mass is 10.0. The number of nitrogens with two attached hydrogens (primary N) is 1. The number of hydrogen-bond donors (Lipinski definition) is 1. The molecule has 2 heterocycles. The standard InChI is InChI=1S/C10H17N3O/c1-2-13-5-4-12-10(13)9-8(7-11)3-6-14-9/h4-5,8-9H,2-3,6-7,11H2,1H3. The van der Waals surface area contributed by atoms with Gasteiger partial charge in [0.1, 0.15) is 11.9 Å². The van der Waals surface area contributed by atoms with Crippen molar-refractivity contribution in [2.24, 2.45) is 11.7 Å². The van der Waals surface area contributed by atoms with Crippen molar-refractivity contribution in [2.75, 3.05) is 13.2 Å². The number of rotatable bonds is 3. The highest BCUT2D eigenvalue weighted by molar-refractivity contribution is 5.01. The van der Waals surface area contributed by atoms with E-state index in [1.54, 1.807) is 0 Å². The van der Waals surface area contributed by atoms with E-state index in [-0.39, 0.29) is 6.10 Å². The van der Waals surface area contributed by atoms with Gasteiger partial charge in [-0.3, -0.25) is 0 Å². The maximum atomic E-state index is 5.70. The number of aromatic nitrogens is 2. The lowest BCUT2D eigenvalue weighted by molar-refractivity contribution is 0.0824. The Morgan fingerprint density at radius 2 is 2.57 bits per heavy atom. The molecule has 0 aromatic carbocycles. The van der Waals surface area contributed by atoms with Crippen LogP contribution in [0, 0.1) is 5.92 Å². The summed E-state index contributed by atoms with van der Waals surface area (Å²) in [6.07, 6.45) is 4.98. The lowest BCUT2D eigenvalue weighted by Gasteiger charge is -2.17. The minimum Gasteiger partial charge on any atom is -0.370 e. The molecule has 2 unspecified atom stereocenters. The van der Waals surface area contributed by atoms with Gasteiger partial charge in [0.05, 0.1) is 0 Å². The average Bonchev–Trinajstić information content (AvgIpc) is 2.85. The van der Waals surface area contributed by atoms with Crippen LogP contribution in [0.3, 0.4) is 0 Å². The Bertz CT molecular complexity index is 297. The quantitative estimate of drug-likeness (QED) is 0.781. The first-order valence-electron chi connectivity index (χ1n) is 5.19. The minimum atomic E-state index is 0.106. The molecule has 1 aromatic heterocycles. The van der Waals surface area contributed by atoms with Gasteiger partial charge in [-0.05, 0) is 19.9 Å². The van der Waals surface area contributed by atoms with E-state index in [1.165, 1.54) is 0 Å². The average molecular weight is 195 g/mol. The molecule has 0 radical (unpaired) electrons. The molecular weight excluding hydrogens is 178 g/mol. The predicted octanol–water partition coefficient (Wildman–Crippen LogP) is 0.939. The molecule has 4 heteroatoms. The first kappa shape index (κ1) is 9.68. The van der Waals surface area contributed by atoms with Crippen molar-refractivity contribution in [1.29, 1.82) is 0 Å². The van der Waals surface area contributed by atoms with Gasteiger partial charge in [0.2, 0.25) is 0 Å². The largest absolute Gasteiger partial charge is 0.370 e. The Morgan fingerprint density at radius 1 is 1.71 bits per heavy atom. The molecule has 2 rings (SSSR count). The summed E-state index contributed by atoms with van der Waals surface area (Å²) in [7, 11) is 0. The summed E-state index contributed by atoms with van der Waals surface area (Å²) in [5.74, 6) is 1.46. The molecule has 1 aromatic rings. The molecule has 4 nitrogen and oxygen atoms in total. The van der Waals surface area contributed by atoms with Crippen LogP contribution in [0.1, 0.15) is 25.3 Å². The number of nitrogens with zero attached hydrogens (tertiary/aromatic N) is 2. The van der Waals surface area contributed by atoms with Crippen LogP contribution in [-0.4, -0.2) is 22.7 Å². The third-order valence-corrected chi connectivity index (χ3v) is 2.86. The van der Waals surface area contributed by atoms with E-state index in [4.69, 9.17) is 10.5 Å². The molecule has 0 spiro atoms. The Morgan fingerprint density at radius 3 is 3.29 bits per heavy atom. The predicted molar refractivity (Wildman–Crippen MR) is 53.8 cm³/mol. The fourth-order valence-corrected chi connectivity index (χ4v) is 2.01. The molecule has 14 heavy (non-hydrogen) atoms. The summed E-state index contributed by atoms with van der Waals surface area (Å²) >= 11 is 0. The summed E-state index contributed by atoms with van der Waals surface area (Å²) < 4.78 is 7.80. The van der Waals surface area contributed by atoms with Gasteiger partial charge in [0.25, 0.3) is 0 Å². The second-order valence-electron chi connectivity index (χ2n) is 3.65. The molecule has 0 aliphatic carbocycles. The molecule has 1 saturated heterocycles. The Kier molecular flexibility index (Phi) is 2.84. The molecule has 78 valence electrons. The molecule has 2 N–H and O–H groups in total. The Labute approximate surface area is 84.1 Å². The second-order valence-corrected chi connectivity index (χ2v) is 3.65. The zero-order valence-corrected chi connectivity index (χ0v) is 8.52. The maximum Gasteiger partial charge on any atom is 0.138 e. The summed E-state index contributed by atoms with van der Waals surface area (Å²) in [6.45, 7) is 4.54. The molecular formula is C10H17N3O. The van der Waals surface area contributed by atoms with Crippen LogP contribution in [0.15, 0.2) is 12.4 Å². The zero-order valence-electron chi connectivity index (χ0n) is 8.52. The van der Waals surface area contributed by atoms with Crippen LogP contribution >= 0.6 is 0 Å². The molecule has 0 bridgehead atoms.